The molecule has 2 heterocycles. The average Bonchev–Trinajstić information content (AvgIpc) is 2.81. The zero-order valence-electron chi connectivity index (χ0n) is 10.8. The molecule has 0 unspecified atom stereocenters. The molecular formula is C12H22N4O2. The lowest BCUT2D eigenvalue weighted by molar-refractivity contribution is -0.127. The highest BCUT2D eigenvalue weighted by Gasteiger charge is 2.19. The van der Waals surface area contributed by atoms with E-state index in [-0.39, 0.29) is 5.91 Å². The van der Waals surface area contributed by atoms with E-state index in [0.29, 0.717) is 18.9 Å². The smallest absolute Gasteiger partial charge is 0.222 e. The Morgan fingerprint density at radius 1 is 1.33 bits per heavy atom. The molecule has 0 bridgehead atoms. The average molecular weight is 254 g/mol. The van der Waals surface area contributed by atoms with Crippen molar-refractivity contribution in [1.82, 2.24) is 9.80 Å². The summed E-state index contributed by atoms with van der Waals surface area (Å²) < 4.78 is 5.26. The van der Waals surface area contributed by atoms with Crippen LogP contribution in [0.3, 0.4) is 0 Å². The van der Waals surface area contributed by atoms with Crippen molar-refractivity contribution in [3.63, 3.8) is 0 Å². The van der Waals surface area contributed by atoms with Crippen molar-refractivity contribution in [1.29, 1.82) is 0 Å². The van der Waals surface area contributed by atoms with Gasteiger partial charge in [0.2, 0.25) is 5.91 Å². The minimum absolute atomic E-state index is 0.278. The summed E-state index contributed by atoms with van der Waals surface area (Å²) in [6, 6.07) is 0. The summed E-state index contributed by atoms with van der Waals surface area (Å²) in [5.41, 5.74) is 5.91. The molecule has 0 aromatic rings. The molecule has 2 aliphatic heterocycles. The van der Waals surface area contributed by atoms with Crippen molar-refractivity contribution in [2.75, 3.05) is 45.9 Å². The highest BCUT2D eigenvalue weighted by atomic mass is 16.5. The molecule has 0 aromatic heterocycles. The van der Waals surface area contributed by atoms with Crippen LogP contribution in [0.15, 0.2) is 4.99 Å². The van der Waals surface area contributed by atoms with Gasteiger partial charge in [-0.05, 0) is 12.8 Å². The van der Waals surface area contributed by atoms with Crippen molar-refractivity contribution in [3.05, 3.63) is 0 Å². The molecule has 0 atom stereocenters. The van der Waals surface area contributed by atoms with Gasteiger partial charge in [-0.3, -0.25) is 9.79 Å². The summed E-state index contributed by atoms with van der Waals surface area (Å²) in [5.74, 6) is 0.881. The Kier molecular flexibility index (Phi) is 4.81. The van der Waals surface area contributed by atoms with Crippen LogP contribution in [0.1, 0.15) is 19.3 Å². The van der Waals surface area contributed by atoms with Crippen molar-refractivity contribution < 1.29 is 9.53 Å². The monoisotopic (exact) mass is 254 g/mol. The van der Waals surface area contributed by atoms with E-state index < -0.39 is 0 Å². The molecule has 0 saturated carbocycles. The lowest BCUT2D eigenvalue weighted by Crippen LogP contribution is -2.44. The number of guanidine groups is 1. The zero-order valence-corrected chi connectivity index (χ0v) is 10.8. The molecule has 2 aliphatic rings. The van der Waals surface area contributed by atoms with Crippen LogP contribution in [0.25, 0.3) is 0 Å². The fourth-order valence-corrected chi connectivity index (χ4v) is 2.29. The summed E-state index contributed by atoms with van der Waals surface area (Å²) in [7, 11) is 0. The van der Waals surface area contributed by atoms with Crippen LogP contribution < -0.4 is 5.73 Å². The van der Waals surface area contributed by atoms with Crippen molar-refractivity contribution in [2.45, 2.75) is 19.3 Å². The fraction of sp³-hybridized carbons (Fsp3) is 0.833. The Morgan fingerprint density at radius 3 is 2.78 bits per heavy atom. The second-order valence-corrected chi connectivity index (χ2v) is 4.68. The summed E-state index contributed by atoms with van der Waals surface area (Å²) in [4.78, 5) is 19.7. The van der Waals surface area contributed by atoms with E-state index in [1.807, 2.05) is 9.80 Å². The summed E-state index contributed by atoms with van der Waals surface area (Å²) in [6.07, 6.45) is 2.59. The van der Waals surface area contributed by atoms with Gasteiger partial charge in [0.25, 0.3) is 0 Å². The summed E-state index contributed by atoms with van der Waals surface area (Å²) in [5, 5.41) is 0. The number of aliphatic imine (C=N–C) groups is 1. The first-order valence-corrected chi connectivity index (χ1v) is 6.68. The first-order chi connectivity index (χ1) is 8.77. The molecule has 0 aromatic carbocycles. The van der Waals surface area contributed by atoms with E-state index in [2.05, 4.69) is 4.99 Å². The number of carbonyl (C=O) groups excluding carboxylic acids is 1. The van der Waals surface area contributed by atoms with Crippen LogP contribution in [0.5, 0.6) is 0 Å². The molecule has 1 amide bonds. The first-order valence-electron chi connectivity index (χ1n) is 6.68. The number of carbonyl (C=O) groups is 1. The molecule has 2 N–H and O–H groups in total. The fourth-order valence-electron chi connectivity index (χ4n) is 2.29. The van der Waals surface area contributed by atoms with Crippen LogP contribution in [0.4, 0.5) is 0 Å². The van der Waals surface area contributed by atoms with E-state index in [9.17, 15) is 4.79 Å². The number of hydrogen-bond donors (Lipinski definition) is 1. The Morgan fingerprint density at radius 2 is 2.11 bits per heavy atom. The Hall–Kier alpha value is -1.30. The lowest BCUT2D eigenvalue weighted by atomic mass is 10.4. The molecule has 6 nitrogen and oxygen atoms in total. The van der Waals surface area contributed by atoms with Gasteiger partial charge in [0.1, 0.15) is 0 Å². The second-order valence-electron chi connectivity index (χ2n) is 4.68. The molecular weight excluding hydrogens is 232 g/mol. The molecule has 2 rings (SSSR count). The minimum Gasteiger partial charge on any atom is -0.378 e. The van der Waals surface area contributed by atoms with Gasteiger partial charge in [-0.1, -0.05) is 0 Å². The van der Waals surface area contributed by atoms with E-state index in [1.54, 1.807) is 0 Å². The normalized spacial score (nSPS) is 21.8. The van der Waals surface area contributed by atoms with Gasteiger partial charge in [0.05, 0.1) is 13.2 Å². The van der Waals surface area contributed by atoms with E-state index in [4.69, 9.17) is 10.5 Å². The predicted octanol–water partition coefficient (Wildman–Crippen LogP) is -0.354. The van der Waals surface area contributed by atoms with Gasteiger partial charge in [-0.2, -0.15) is 0 Å². The third-order valence-electron chi connectivity index (χ3n) is 3.37. The number of likely N-dealkylation sites (tertiary alicyclic amines) is 1. The Bertz CT molecular complexity index is 313. The number of morpholine rings is 1. The summed E-state index contributed by atoms with van der Waals surface area (Å²) >= 11 is 0. The van der Waals surface area contributed by atoms with Crippen molar-refractivity contribution in [3.8, 4) is 0 Å². The molecule has 2 saturated heterocycles. The van der Waals surface area contributed by atoms with Crippen LogP contribution in [-0.2, 0) is 9.53 Å². The molecule has 18 heavy (non-hydrogen) atoms. The molecule has 0 radical (unpaired) electrons. The van der Waals surface area contributed by atoms with E-state index in [0.717, 1.165) is 52.2 Å². The third kappa shape index (κ3) is 3.60. The Labute approximate surface area is 108 Å². The lowest BCUT2D eigenvalue weighted by Gasteiger charge is -2.27. The van der Waals surface area contributed by atoms with Crippen LogP contribution in [0.2, 0.25) is 0 Å². The highest BCUT2D eigenvalue weighted by Crippen LogP contribution is 2.09. The van der Waals surface area contributed by atoms with Gasteiger partial charge >= 0.3 is 0 Å². The van der Waals surface area contributed by atoms with Gasteiger partial charge in [-0.15, -0.1) is 0 Å². The van der Waals surface area contributed by atoms with E-state index in [1.165, 1.54) is 0 Å². The number of amides is 1. The standard InChI is InChI=1S/C12H22N4O2/c13-12(16-7-9-18-10-8-16)14-4-2-6-15-5-1-3-11(15)17/h1-10H2,(H2,13,14). The maximum atomic E-state index is 11.4. The molecule has 2 fully saturated rings. The number of ether oxygens (including phenoxy) is 1. The van der Waals surface area contributed by atoms with Crippen molar-refractivity contribution >= 4 is 11.9 Å². The highest BCUT2D eigenvalue weighted by molar-refractivity contribution is 5.78. The van der Waals surface area contributed by atoms with Gasteiger partial charge in [0, 0.05) is 39.1 Å². The summed E-state index contributed by atoms with van der Waals surface area (Å²) in [6.45, 7) is 5.48. The topological polar surface area (TPSA) is 71.2 Å². The third-order valence-corrected chi connectivity index (χ3v) is 3.37. The minimum atomic E-state index is 0.278. The number of rotatable bonds is 4. The van der Waals surface area contributed by atoms with Crippen molar-refractivity contribution in [2.24, 2.45) is 10.7 Å². The maximum Gasteiger partial charge on any atom is 0.222 e. The van der Waals surface area contributed by atoms with Gasteiger partial charge in [0.15, 0.2) is 5.96 Å². The largest absolute Gasteiger partial charge is 0.378 e. The van der Waals surface area contributed by atoms with Gasteiger partial charge in [-0.25, -0.2) is 0 Å². The number of nitrogens with zero attached hydrogens (tertiary/aromatic N) is 3. The molecule has 6 heteroatoms. The van der Waals surface area contributed by atoms with Crippen LogP contribution >= 0.6 is 0 Å². The number of hydrogen-bond acceptors (Lipinski definition) is 3. The maximum absolute atomic E-state index is 11.4. The van der Waals surface area contributed by atoms with Crippen LogP contribution in [-0.4, -0.2) is 67.6 Å². The first kappa shape index (κ1) is 13.1. The SMILES string of the molecule is NC(=NCCCN1CCCC1=O)N1CCOCC1. The molecule has 0 aliphatic carbocycles. The predicted molar refractivity (Wildman–Crippen MR) is 69.3 cm³/mol. The molecule has 102 valence electrons. The van der Waals surface area contributed by atoms with Crippen LogP contribution in [0, 0.1) is 0 Å². The molecule has 0 spiro atoms. The quantitative estimate of drug-likeness (QED) is 0.423. The Balaban J connectivity index is 1.65. The number of nitrogens with two attached hydrogens (primary N) is 1. The second kappa shape index (κ2) is 6.58. The van der Waals surface area contributed by atoms with Gasteiger partial charge < -0.3 is 20.3 Å². The zero-order chi connectivity index (χ0) is 12.8. The van der Waals surface area contributed by atoms with E-state index >= 15 is 0 Å².